The fraction of sp³-hybridized carbons (Fsp3) is 0.912. The monoisotopic (exact) mass is 1120 g/mol. The number of hydrogen-bond donors (Lipinski definition) is 3. The Morgan fingerprint density at radius 3 is 0.722 bits per heavy atom. The second kappa shape index (κ2) is 66.0. The summed E-state index contributed by atoms with van der Waals surface area (Å²) >= 11 is 0. The molecule has 0 saturated carbocycles. The van der Waals surface area contributed by atoms with Crippen LogP contribution in [0.2, 0.25) is 0 Å². The summed E-state index contributed by atoms with van der Waals surface area (Å²) in [4.78, 5) is 68.9. The largest absolute Gasteiger partial charge is 0.481 e. The second-order valence-electron chi connectivity index (χ2n) is 23.4. The topological polar surface area (TPSA) is 182 Å². The number of Topliss-reactive ketones (excluding diaryl/α,β-unsaturated/α-hetero) is 2. The summed E-state index contributed by atoms with van der Waals surface area (Å²) in [6, 6.07) is 0. The molecule has 0 saturated heterocycles. The fourth-order valence-electron chi connectivity index (χ4n) is 10.0. The highest BCUT2D eigenvalue weighted by atomic mass is 16.5. The Hall–Kier alpha value is -2.82. The molecule has 0 aliphatic rings. The zero-order valence-electron chi connectivity index (χ0n) is 52.8. The van der Waals surface area contributed by atoms with Gasteiger partial charge in [-0.25, -0.2) is 0 Å². The highest BCUT2D eigenvalue weighted by Gasteiger charge is 2.15. The van der Waals surface area contributed by atoms with Crippen LogP contribution in [0.5, 0.6) is 0 Å². The number of aliphatic hydroxyl groups is 1. The smallest absolute Gasteiger partial charge is 0.305 e. The average Bonchev–Trinajstić information content (AvgIpc) is 3.43. The van der Waals surface area contributed by atoms with Crippen molar-refractivity contribution in [3.63, 3.8) is 0 Å². The molecule has 0 aliphatic heterocycles. The van der Waals surface area contributed by atoms with Gasteiger partial charge in [-0.15, -0.1) is 0 Å². The Morgan fingerprint density at radius 1 is 0.278 bits per heavy atom. The number of unbranched alkanes of at least 4 members (excludes halogenated alkanes) is 26. The van der Waals surface area contributed by atoms with Gasteiger partial charge in [0.25, 0.3) is 0 Å². The lowest BCUT2D eigenvalue weighted by Crippen LogP contribution is -2.14. The van der Waals surface area contributed by atoms with E-state index in [1.165, 1.54) is 193 Å². The van der Waals surface area contributed by atoms with Crippen molar-refractivity contribution in [1.82, 2.24) is 0 Å². The Kier molecular flexibility index (Phi) is 67.2. The molecule has 0 spiro atoms. The molecule has 0 unspecified atom stereocenters. The van der Waals surface area contributed by atoms with E-state index in [9.17, 15) is 33.9 Å². The number of carbonyl (C=O) groups excluding carboxylic acids is 4. The van der Waals surface area contributed by atoms with E-state index in [2.05, 4.69) is 41.5 Å². The molecule has 0 aromatic rings. The molecule has 0 aromatic carbocycles. The molecular formula is C68H130O11. The van der Waals surface area contributed by atoms with Crippen LogP contribution in [0.1, 0.15) is 363 Å². The number of carbonyl (C=O) groups is 6. The second-order valence-corrected chi connectivity index (χ2v) is 23.4. The number of esters is 2. The first-order valence-corrected chi connectivity index (χ1v) is 33.7. The van der Waals surface area contributed by atoms with Crippen molar-refractivity contribution in [2.75, 3.05) is 19.8 Å². The molecule has 0 rings (SSSR count). The molecule has 0 amide bonds. The normalized spacial score (nSPS) is 11.1. The highest BCUT2D eigenvalue weighted by Crippen LogP contribution is 2.22. The van der Waals surface area contributed by atoms with E-state index in [0.29, 0.717) is 94.7 Å². The van der Waals surface area contributed by atoms with Crippen molar-refractivity contribution < 1.29 is 53.6 Å². The van der Waals surface area contributed by atoms with E-state index in [1.807, 2.05) is 0 Å². The number of carboxylic acid groups (broad SMARTS) is 2. The third-order valence-electron chi connectivity index (χ3n) is 15.4. The maximum absolute atomic E-state index is 12.3. The third kappa shape index (κ3) is 67.6. The number of ether oxygens (including phenoxy) is 2. The van der Waals surface area contributed by atoms with Gasteiger partial charge < -0.3 is 24.8 Å². The van der Waals surface area contributed by atoms with E-state index in [4.69, 9.17) is 19.7 Å². The molecule has 11 nitrogen and oxygen atoms in total. The number of aliphatic carboxylic acids is 2. The van der Waals surface area contributed by atoms with Crippen LogP contribution in [-0.4, -0.2) is 70.6 Å². The van der Waals surface area contributed by atoms with Gasteiger partial charge in [0.15, 0.2) is 0 Å². The zero-order valence-corrected chi connectivity index (χ0v) is 52.8. The van der Waals surface area contributed by atoms with Gasteiger partial charge in [0, 0.05) is 58.0 Å². The summed E-state index contributed by atoms with van der Waals surface area (Å²) in [5, 5.41) is 26.1. The van der Waals surface area contributed by atoms with Crippen molar-refractivity contribution in [3.05, 3.63) is 0 Å². The standard InChI is InChI=1S/C41H78O5.C14H30O.C13H22O5/c1-5-9-13-19-27-37(28-20-14-10-6-2)35-45-40(43)33-25-17-23-31-39(42)32-24-18-26-34-41(44)46-36-38(29-21-15-11-7-3)30-22-16-12-8-4;1-3-5-7-9-11-14(13-15)12-10-8-6-4-2;14-11(7-3-1-5-9-12(15)16)8-4-2-6-10-13(17)18/h37-38H,5-36H2,1-4H3;14-15H,3-13H2,1-2H3;1-10H2,(H,15,16)(H,17,18). The van der Waals surface area contributed by atoms with Crippen LogP contribution >= 0.6 is 0 Å². The third-order valence-corrected chi connectivity index (χ3v) is 15.4. The molecule has 0 fully saturated rings. The SMILES string of the molecule is CCCCCCC(CCCCCC)COC(=O)CCCCCC(=O)CCCCCC(=O)OCC(CCCCCC)CCCCCC.CCCCCCC(CO)CCCCCC.O=C(O)CCCCCC(=O)CCCCCC(=O)O. The van der Waals surface area contributed by atoms with E-state index < -0.39 is 11.9 Å². The number of ketones is 2. The number of carboxylic acids is 2. The molecule has 0 aromatic heterocycles. The summed E-state index contributed by atoms with van der Waals surface area (Å²) in [7, 11) is 0. The molecule has 3 N–H and O–H groups in total. The van der Waals surface area contributed by atoms with Crippen molar-refractivity contribution in [2.24, 2.45) is 17.8 Å². The Balaban J connectivity index is -0.00000141. The molecule has 0 aliphatic carbocycles. The maximum Gasteiger partial charge on any atom is 0.305 e. The van der Waals surface area contributed by atoms with Crippen molar-refractivity contribution in [1.29, 1.82) is 0 Å². The van der Waals surface area contributed by atoms with Crippen LogP contribution in [-0.2, 0) is 38.2 Å². The van der Waals surface area contributed by atoms with Gasteiger partial charge in [-0.2, -0.15) is 0 Å². The van der Waals surface area contributed by atoms with Gasteiger partial charge >= 0.3 is 23.9 Å². The quantitative estimate of drug-likeness (QED) is 0.0389. The molecule has 468 valence electrons. The first-order chi connectivity index (χ1) is 38.3. The fourth-order valence-corrected chi connectivity index (χ4v) is 10.0. The van der Waals surface area contributed by atoms with Crippen LogP contribution in [0, 0.1) is 17.8 Å². The van der Waals surface area contributed by atoms with Gasteiger partial charge in [-0.05, 0) is 108 Å². The molecule has 0 atom stereocenters. The number of rotatable bonds is 59. The summed E-state index contributed by atoms with van der Waals surface area (Å²) in [6.45, 7) is 15.0. The van der Waals surface area contributed by atoms with Gasteiger partial charge in [-0.1, -0.05) is 221 Å². The van der Waals surface area contributed by atoms with E-state index in [-0.39, 0.29) is 30.6 Å². The van der Waals surface area contributed by atoms with Crippen molar-refractivity contribution in [3.8, 4) is 0 Å². The summed E-state index contributed by atoms with van der Waals surface area (Å²) < 4.78 is 11.3. The lowest BCUT2D eigenvalue weighted by atomic mass is 9.95. The lowest BCUT2D eigenvalue weighted by molar-refractivity contribution is -0.146. The Labute approximate surface area is 487 Å². The van der Waals surface area contributed by atoms with Crippen LogP contribution in [0.15, 0.2) is 0 Å². The van der Waals surface area contributed by atoms with Crippen LogP contribution in [0.3, 0.4) is 0 Å². The molecule has 0 heterocycles. The van der Waals surface area contributed by atoms with Gasteiger partial charge in [-0.3, -0.25) is 28.8 Å². The first kappa shape index (κ1) is 80.4. The molecule has 79 heavy (non-hydrogen) atoms. The summed E-state index contributed by atoms with van der Waals surface area (Å²) in [6.07, 6.45) is 50.9. The average molecular weight is 1120 g/mol. The summed E-state index contributed by atoms with van der Waals surface area (Å²) in [5.41, 5.74) is 0. The van der Waals surface area contributed by atoms with Gasteiger partial charge in [0.1, 0.15) is 11.6 Å². The van der Waals surface area contributed by atoms with Gasteiger partial charge in [0.05, 0.1) is 13.2 Å². The Bertz CT molecular complexity index is 1230. The molecular weight excluding hydrogens is 993 g/mol. The zero-order chi connectivity index (χ0) is 59.1. The number of hydrogen-bond acceptors (Lipinski definition) is 9. The molecule has 0 radical (unpaired) electrons. The van der Waals surface area contributed by atoms with Crippen LogP contribution in [0.25, 0.3) is 0 Å². The minimum absolute atomic E-state index is 0.0774. The van der Waals surface area contributed by atoms with Crippen molar-refractivity contribution >= 4 is 35.4 Å². The highest BCUT2D eigenvalue weighted by molar-refractivity contribution is 5.78. The maximum atomic E-state index is 12.3. The minimum atomic E-state index is -0.792. The number of aliphatic hydroxyl groups excluding tert-OH is 1. The lowest BCUT2D eigenvalue weighted by Gasteiger charge is -2.17. The van der Waals surface area contributed by atoms with E-state index >= 15 is 0 Å². The van der Waals surface area contributed by atoms with E-state index in [1.54, 1.807) is 0 Å². The summed E-state index contributed by atoms with van der Waals surface area (Å²) in [5.74, 6) is 0.344. The van der Waals surface area contributed by atoms with Crippen LogP contribution < -0.4 is 0 Å². The van der Waals surface area contributed by atoms with E-state index in [0.717, 1.165) is 64.2 Å². The van der Waals surface area contributed by atoms with Gasteiger partial charge in [0.2, 0.25) is 0 Å². The Morgan fingerprint density at radius 2 is 0.494 bits per heavy atom. The van der Waals surface area contributed by atoms with Crippen molar-refractivity contribution in [2.45, 2.75) is 363 Å². The predicted octanol–water partition coefficient (Wildman–Crippen LogP) is 19.8. The molecule has 11 heteroatoms. The predicted molar refractivity (Wildman–Crippen MR) is 330 cm³/mol. The minimum Gasteiger partial charge on any atom is -0.481 e. The first-order valence-electron chi connectivity index (χ1n) is 33.7. The molecule has 0 bridgehead atoms. The van der Waals surface area contributed by atoms with Crippen LogP contribution in [0.4, 0.5) is 0 Å².